The molecule has 1 rings (SSSR count). The molecule has 0 aromatic heterocycles. The Balaban J connectivity index is 2.46. The van der Waals surface area contributed by atoms with Crippen molar-refractivity contribution in [1.82, 2.24) is 5.32 Å². The van der Waals surface area contributed by atoms with Gasteiger partial charge in [0, 0.05) is 12.1 Å². The van der Waals surface area contributed by atoms with Gasteiger partial charge in [-0.1, -0.05) is 32.8 Å². The van der Waals surface area contributed by atoms with E-state index in [-0.39, 0.29) is 12.4 Å². The number of aliphatic hydroxyl groups is 1. The Morgan fingerprint density at radius 3 is 2.59 bits per heavy atom. The smallest absolute Gasteiger partial charge is 0.128 e. The van der Waals surface area contributed by atoms with E-state index in [9.17, 15) is 4.39 Å². The molecule has 0 aliphatic rings. The number of aliphatic hydroxyl groups excluding tert-OH is 1. The number of hydrogen-bond acceptors (Lipinski definition) is 2. The summed E-state index contributed by atoms with van der Waals surface area (Å²) in [6.45, 7) is 5.85. The molecule has 17 heavy (non-hydrogen) atoms. The first kappa shape index (κ1) is 14.1. The second-order valence-corrected chi connectivity index (χ2v) is 4.40. The second-order valence-electron chi connectivity index (χ2n) is 4.40. The van der Waals surface area contributed by atoms with Gasteiger partial charge < -0.3 is 10.4 Å². The number of benzene rings is 1. The molecule has 0 saturated carbocycles. The monoisotopic (exact) mass is 239 g/mol. The van der Waals surface area contributed by atoms with Crippen molar-refractivity contribution in [3.8, 4) is 0 Å². The summed E-state index contributed by atoms with van der Waals surface area (Å²) in [5, 5.41) is 12.3. The molecule has 1 aromatic rings. The molecule has 0 unspecified atom stereocenters. The molecule has 0 radical (unpaired) electrons. The Morgan fingerprint density at radius 2 is 2.00 bits per heavy atom. The molecule has 0 atom stereocenters. The predicted octanol–water partition coefficient (Wildman–Crippen LogP) is 2.84. The van der Waals surface area contributed by atoms with E-state index >= 15 is 0 Å². The number of halogens is 1. The lowest BCUT2D eigenvalue weighted by Crippen LogP contribution is -2.21. The molecule has 1 aromatic carbocycles. The third-order valence-electron chi connectivity index (χ3n) is 3.20. The van der Waals surface area contributed by atoms with Crippen LogP contribution in [0.1, 0.15) is 37.8 Å². The molecule has 0 amide bonds. The summed E-state index contributed by atoms with van der Waals surface area (Å²) in [6, 6.07) is 4.89. The minimum absolute atomic E-state index is 0.244. The van der Waals surface area contributed by atoms with Crippen molar-refractivity contribution in [3.05, 3.63) is 35.1 Å². The molecule has 0 fully saturated rings. The zero-order valence-corrected chi connectivity index (χ0v) is 10.7. The molecule has 3 heteroatoms. The summed E-state index contributed by atoms with van der Waals surface area (Å²) < 4.78 is 13.1. The second kappa shape index (κ2) is 7.41. The Morgan fingerprint density at radius 1 is 1.29 bits per heavy atom. The highest BCUT2D eigenvalue weighted by atomic mass is 19.1. The van der Waals surface area contributed by atoms with Gasteiger partial charge in [0.1, 0.15) is 5.82 Å². The maximum Gasteiger partial charge on any atom is 0.128 e. The van der Waals surface area contributed by atoms with E-state index in [2.05, 4.69) is 19.2 Å². The molecule has 2 N–H and O–H groups in total. The molecule has 2 nitrogen and oxygen atoms in total. The van der Waals surface area contributed by atoms with Crippen LogP contribution in [0.4, 0.5) is 4.39 Å². The summed E-state index contributed by atoms with van der Waals surface area (Å²) in [5.41, 5.74) is 1.38. The van der Waals surface area contributed by atoms with Crippen LogP contribution in [0.5, 0.6) is 0 Å². The first-order chi connectivity index (χ1) is 8.21. The number of rotatable bonds is 7. The minimum atomic E-state index is -0.337. The van der Waals surface area contributed by atoms with Gasteiger partial charge in [0.05, 0.1) is 6.61 Å². The van der Waals surface area contributed by atoms with E-state index in [1.54, 1.807) is 12.1 Å². The van der Waals surface area contributed by atoms with Gasteiger partial charge in [0.15, 0.2) is 0 Å². The highest BCUT2D eigenvalue weighted by Gasteiger charge is 2.04. The van der Waals surface area contributed by atoms with Gasteiger partial charge >= 0.3 is 0 Å². The van der Waals surface area contributed by atoms with E-state index in [1.807, 2.05) is 0 Å². The molecular formula is C14H22FNO. The van der Waals surface area contributed by atoms with Crippen LogP contribution >= 0.6 is 0 Å². The van der Waals surface area contributed by atoms with Crippen LogP contribution in [-0.2, 0) is 13.2 Å². The standard InChI is InChI=1S/C14H22FNO/c1-3-11(4-2)8-16-9-12-5-6-14(15)13(7-12)10-17/h5-7,11,16-17H,3-4,8-10H2,1-2H3. The molecule has 0 spiro atoms. The highest BCUT2D eigenvalue weighted by molar-refractivity contribution is 5.24. The maximum atomic E-state index is 13.1. The van der Waals surface area contributed by atoms with Crippen LogP contribution in [0.2, 0.25) is 0 Å². The van der Waals surface area contributed by atoms with Crippen LogP contribution in [0.25, 0.3) is 0 Å². The molecule has 0 aliphatic heterocycles. The molecule has 0 aliphatic carbocycles. The lowest BCUT2D eigenvalue weighted by molar-refractivity contribution is 0.275. The topological polar surface area (TPSA) is 32.3 Å². The van der Waals surface area contributed by atoms with Crippen molar-refractivity contribution in [2.24, 2.45) is 5.92 Å². The van der Waals surface area contributed by atoms with Gasteiger partial charge in [0.2, 0.25) is 0 Å². The fourth-order valence-corrected chi connectivity index (χ4v) is 1.86. The van der Waals surface area contributed by atoms with Crippen molar-refractivity contribution in [1.29, 1.82) is 0 Å². The quantitative estimate of drug-likeness (QED) is 0.767. The summed E-state index contributed by atoms with van der Waals surface area (Å²) in [7, 11) is 0. The fraction of sp³-hybridized carbons (Fsp3) is 0.571. The fourth-order valence-electron chi connectivity index (χ4n) is 1.86. The average Bonchev–Trinajstić information content (AvgIpc) is 2.36. The van der Waals surface area contributed by atoms with Crippen LogP contribution in [-0.4, -0.2) is 11.7 Å². The minimum Gasteiger partial charge on any atom is -0.392 e. The van der Waals surface area contributed by atoms with E-state index < -0.39 is 0 Å². The van der Waals surface area contributed by atoms with E-state index in [0.29, 0.717) is 11.5 Å². The first-order valence-corrected chi connectivity index (χ1v) is 6.30. The van der Waals surface area contributed by atoms with Gasteiger partial charge in [-0.15, -0.1) is 0 Å². The molecule has 0 bridgehead atoms. The van der Waals surface area contributed by atoms with Gasteiger partial charge in [-0.3, -0.25) is 0 Å². The van der Waals surface area contributed by atoms with Crippen molar-refractivity contribution in [2.45, 2.75) is 39.8 Å². The summed E-state index contributed by atoms with van der Waals surface area (Å²) in [6.07, 6.45) is 2.35. The third-order valence-corrected chi connectivity index (χ3v) is 3.20. The van der Waals surface area contributed by atoms with Crippen molar-refractivity contribution >= 4 is 0 Å². The number of hydrogen-bond donors (Lipinski definition) is 2. The Hall–Kier alpha value is -0.930. The summed E-state index contributed by atoms with van der Waals surface area (Å²) >= 11 is 0. The lowest BCUT2D eigenvalue weighted by Gasteiger charge is -2.13. The van der Waals surface area contributed by atoms with Crippen LogP contribution in [0.3, 0.4) is 0 Å². The zero-order chi connectivity index (χ0) is 12.7. The van der Waals surface area contributed by atoms with E-state index in [0.717, 1.165) is 18.7 Å². The van der Waals surface area contributed by atoms with E-state index in [1.165, 1.54) is 18.9 Å². The van der Waals surface area contributed by atoms with Gasteiger partial charge in [-0.05, 0) is 30.2 Å². The molecule has 0 heterocycles. The van der Waals surface area contributed by atoms with Gasteiger partial charge in [0.25, 0.3) is 0 Å². The average molecular weight is 239 g/mol. The van der Waals surface area contributed by atoms with Crippen molar-refractivity contribution in [2.75, 3.05) is 6.54 Å². The SMILES string of the molecule is CCC(CC)CNCc1ccc(F)c(CO)c1. The molecular weight excluding hydrogens is 217 g/mol. The Bertz CT molecular complexity index is 337. The summed E-state index contributed by atoms with van der Waals surface area (Å²) in [5.74, 6) is 0.365. The maximum absolute atomic E-state index is 13.1. The zero-order valence-electron chi connectivity index (χ0n) is 10.7. The molecule has 96 valence electrons. The van der Waals surface area contributed by atoms with Crippen LogP contribution in [0.15, 0.2) is 18.2 Å². The first-order valence-electron chi connectivity index (χ1n) is 6.30. The van der Waals surface area contributed by atoms with Gasteiger partial charge in [-0.2, -0.15) is 0 Å². The largest absolute Gasteiger partial charge is 0.392 e. The van der Waals surface area contributed by atoms with Crippen LogP contribution < -0.4 is 5.32 Å². The predicted molar refractivity (Wildman–Crippen MR) is 68.1 cm³/mol. The van der Waals surface area contributed by atoms with Crippen molar-refractivity contribution < 1.29 is 9.50 Å². The molecule has 0 saturated heterocycles. The Labute approximate surface area is 103 Å². The van der Waals surface area contributed by atoms with Crippen molar-refractivity contribution in [3.63, 3.8) is 0 Å². The van der Waals surface area contributed by atoms with Gasteiger partial charge in [-0.25, -0.2) is 4.39 Å². The normalized spacial score (nSPS) is 11.1. The lowest BCUT2D eigenvalue weighted by atomic mass is 10.0. The third kappa shape index (κ3) is 4.44. The number of nitrogens with one attached hydrogen (secondary N) is 1. The summed E-state index contributed by atoms with van der Waals surface area (Å²) in [4.78, 5) is 0. The highest BCUT2D eigenvalue weighted by Crippen LogP contribution is 2.11. The van der Waals surface area contributed by atoms with Crippen LogP contribution in [0, 0.1) is 11.7 Å². The van der Waals surface area contributed by atoms with E-state index in [4.69, 9.17) is 5.11 Å². The Kier molecular flexibility index (Phi) is 6.16.